The maximum absolute atomic E-state index is 3.76. The van der Waals surface area contributed by atoms with Crippen LogP contribution in [0.5, 0.6) is 0 Å². The van der Waals surface area contributed by atoms with Gasteiger partial charge in [0.2, 0.25) is 0 Å². The molecule has 92 valence electrons. The minimum atomic E-state index is 0.697. The first-order chi connectivity index (χ1) is 8.33. The maximum Gasteiger partial charge on any atom is 0.0345 e. The monoisotopic (exact) mass is 229 g/mol. The van der Waals surface area contributed by atoms with Gasteiger partial charge in [0.1, 0.15) is 0 Å². The smallest absolute Gasteiger partial charge is 0.0345 e. The molecule has 0 spiro atoms. The van der Waals surface area contributed by atoms with Gasteiger partial charge in [0, 0.05) is 11.7 Å². The van der Waals surface area contributed by atoms with Crippen LogP contribution in [0.3, 0.4) is 0 Å². The third-order valence-electron chi connectivity index (χ3n) is 4.56. The summed E-state index contributed by atoms with van der Waals surface area (Å²) in [5.41, 5.74) is 4.51. The average molecular weight is 229 g/mol. The summed E-state index contributed by atoms with van der Waals surface area (Å²) in [7, 11) is 0. The summed E-state index contributed by atoms with van der Waals surface area (Å²) < 4.78 is 0. The van der Waals surface area contributed by atoms with Crippen LogP contribution < -0.4 is 5.32 Å². The van der Waals surface area contributed by atoms with Gasteiger partial charge < -0.3 is 5.32 Å². The van der Waals surface area contributed by atoms with Crippen LogP contribution in [-0.4, -0.2) is 6.04 Å². The number of anilines is 1. The van der Waals surface area contributed by atoms with E-state index in [-0.39, 0.29) is 0 Å². The van der Waals surface area contributed by atoms with E-state index < -0.39 is 0 Å². The second-order valence-corrected chi connectivity index (χ2v) is 5.85. The van der Waals surface area contributed by atoms with Crippen LogP contribution in [-0.2, 0) is 12.8 Å². The van der Waals surface area contributed by atoms with Crippen molar-refractivity contribution >= 4 is 5.69 Å². The molecule has 0 saturated heterocycles. The van der Waals surface area contributed by atoms with Crippen molar-refractivity contribution < 1.29 is 0 Å². The van der Waals surface area contributed by atoms with Gasteiger partial charge in [-0.25, -0.2) is 0 Å². The van der Waals surface area contributed by atoms with Crippen molar-refractivity contribution in [1.82, 2.24) is 0 Å². The van der Waals surface area contributed by atoms with Crippen molar-refractivity contribution in [3.8, 4) is 0 Å². The Kier molecular flexibility index (Phi) is 3.09. The van der Waals surface area contributed by atoms with Crippen molar-refractivity contribution in [3.63, 3.8) is 0 Å². The number of fused-ring (bicyclic) bond motifs is 1. The van der Waals surface area contributed by atoms with Crippen molar-refractivity contribution in [3.05, 3.63) is 29.3 Å². The van der Waals surface area contributed by atoms with Gasteiger partial charge in [-0.3, -0.25) is 0 Å². The molecule has 0 radical (unpaired) electrons. The predicted octanol–water partition coefficient (Wildman–Crippen LogP) is 4.17. The fourth-order valence-electron chi connectivity index (χ4n) is 3.41. The van der Waals surface area contributed by atoms with E-state index in [2.05, 4.69) is 30.4 Å². The molecule has 0 amide bonds. The number of aryl methyl sites for hydroxylation is 2. The van der Waals surface area contributed by atoms with E-state index >= 15 is 0 Å². The molecule has 1 aromatic rings. The highest BCUT2D eigenvalue weighted by atomic mass is 14.9. The largest absolute Gasteiger partial charge is 0.382 e. The van der Waals surface area contributed by atoms with Crippen molar-refractivity contribution in [1.29, 1.82) is 0 Å². The van der Waals surface area contributed by atoms with Gasteiger partial charge in [-0.15, -0.1) is 0 Å². The average Bonchev–Trinajstić information content (AvgIpc) is 2.79. The van der Waals surface area contributed by atoms with Crippen LogP contribution in [0.15, 0.2) is 18.2 Å². The lowest BCUT2D eigenvalue weighted by molar-refractivity contribution is 0.349. The van der Waals surface area contributed by atoms with E-state index in [0.29, 0.717) is 6.04 Å². The molecule has 3 rings (SSSR count). The molecule has 2 unspecified atom stereocenters. The Morgan fingerprint density at radius 1 is 1.00 bits per heavy atom. The fourth-order valence-corrected chi connectivity index (χ4v) is 3.41. The topological polar surface area (TPSA) is 12.0 Å². The van der Waals surface area contributed by atoms with Crippen molar-refractivity contribution in [2.75, 3.05) is 5.32 Å². The fraction of sp³-hybridized carbons (Fsp3) is 0.625. The number of rotatable bonds is 2. The van der Waals surface area contributed by atoms with Gasteiger partial charge in [-0.05, 0) is 61.3 Å². The highest BCUT2D eigenvalue weighted by Crippen LogP contribution is 2.29. The van der Waals surface area contributed by atoms with Crippen LogP contribution in [0, 0.1) is 5.92 Å². The molecule has 17 heavy (non-hydrogen) atoms. The molecule has 1 nitrogen and oxygen atoms in total. The molecule has 0 aliphatic heterocycles. The summed E-state index contributed by atoms with van der Waals surface area (Å²) in [4.78, 5) is 0. The zero-order valence-corrected chi connectivity index (χ0v) is 10.8. The lowest BCUT2D eigenvalue weighted by Crippen LogP contribution is -2.30. The van der Waals surface area contributed by atoms with Crippen LogP contribution in [0.2, 0.25) is 0 Å². The van der Waals surface area contributed by atoms with Gasteiger partial charge in [0.05, 0.1) is 0 Å². The van der Waals surface area contributed by atoms with Crippen molar-refractivity contribution in [2.24, 2.45) is 5.92 Å². The molecule has 1 aromatic carbocycles. The van der Waals surface area contributed by atoms with E-state index in [1.54, 1.807) is 11.1 Å². The number of hydrogen-bond acceptors (Lipinski definition) is 1. The molecule has 2 aliphatic carbocycles. The lowest BCUT2D eigenvalue weighted by atomic mass is 9.86. The summed E-state index contributed by atoms with van der Waals surface area (Å²) in [5, 5.41) is 3.76. The molecule has 1 N–H and O–H groups in total. The molecule has 1 fully saturated rings. The minimum Gasteiger partial charge on any atom is -0.382 e. The van der Waals surface area contributed by atoms with Gasteiger partial charge in [0.25, 0.3) is 0 Å². The number of hydrogen-bond donors (Lipinski definition) is 1. The zero-order valence-electron chi connectivity index (χ0n) is 10.8. The SMILES string of the molecule is CC1CCCCC1Nc1ccc2c(c1)CCC2. The van der Waals surface area contributed by atoms with Crippen LogP contribution >= 0.6 is 0 Å². The quantitative estimate of drug-likeness (QED) is 0.802. The molecule has 0 aromatic heterocycles. The first-order valence-corrected chi connectivity index (χ1v) is 7.21. The Bertz CT molecular complexity index is 397. The first-order valence-electron chi connectivity index (χ1n) is 7.21. The number of benzene rings is 1. The molecule has 2 aliphatic rings. The standard InChI is InChI=1S/C16H23N/c1-12-5-2-3-8-16(12)17-15-10-9-13-6-4-7-14(13)11-15/h9-12,16-17H,2-8H2,1H3. The highest BCUT2D eigenvalue weighted by molar-refractivity contribution is 5.50. The van der Waals surface area contributed by atoms with Gasteiger partial charge >= 0.3 is 0 Å². The Balaban J connectivity index is 1.72. The van der Waals surface area contributed by atoms with Crippen LogP contribution in [0.4, 0.5) is 5.69 Å². The molecular formula is C16H23N. The Morgan fingerprint density at radius 3 is 2.71 bits per heavy atom. The second-order valence-electron chi connectivity index (χ2n) is 5.85. The van der Waals surface area contributed by atoms with Gasteiger partial charge in [-0.1, -0.05) is 25.8 Å². The first kappa shape index (κ1) is 11.1. The van der Waals surface area contributed by atoms with E-state index in [9.17, 15) is 0 Å². The second kappa shape index (κ2) is 4.72. The normalized spacial score (nSPS) is 27.8. The Hall–Kier alpha value is -0.980. The summed E-state index contributed by atoms with van der Waals surface area (Å²) in [6.07, 6.45) is 9.47. The molecule has 0 bridgehead atoms. The summed E-state index contributed by atoms with van der Waals surface area (Å²) >= 11 is 0. The Labute approximate surface area is 105 Å². The number of nitrogens with one attached hydrogen (secondary N) is 1. The van der Waals surface area contributed by atoms with Crippen LogP contribution in [0.25, 0.3) is 0 Å². The summed E-state index contributed by atoms with van der Waals surface area (Å²) in [6.45, 7) is 2.39. The van der Waals surface area contributed by atoms with E-state index in [0.717, 1.165) is 5.92 Å². The van der Waals surface area contributed by atoms with E-state index in [1.165, 1.54) is 50.6 Å². The molecular weight excluding hydrogens is 206 g/mol. The molecule has 0 heterocycles. The molecule has 1 saturated carbocycles. The summed E-state index contributed by atoms with van der Waals surface area (Å²) in [5.74, 6) is 0.831. The van der Waals surface area contributed by atoms with E-state index in [1.807, 2.05) is 0 Å². The van der Waals surface area contributed by atoms with Gasteiger partial charge in [0.15, 0.2) is 0 Å². The maximum atomic E-state index is 3.76. The van der Waals surface area contributed by atoms with Crippen LogP contribution in [0.1, 0.15) is 50.2 Å². The Morgan fingerprint density at radius 2 is 1.82 bits per heavy atom. The lowest BCUT2D eigenvalue weighted by Gasteiger charge is -2.30. The van der Waals surface area contributed by atoms with Gasteiger partial charge in [-0.2, -0.15) is 0 Å². The highest BCUT2D eigenvalue weighted by Gasteiger charge is 2.21. The zero-order chi connectivity index (χ0) is 11.7. The summed E-state index contributed by atoms with van der Waals surface area (Å²) in [6, 6.07) is 7.70. The predicted molar refractivity (Wildman–Crippen MR) is 73.5 cm³/mol. The molecule has 2 atom stereocenters. The minimum absolute atomic E-state index is 0.697. The third kappa shape index (κ3) is 2.34. The van der Waals surface area contributed by atoms with E-state index in [4.69, 9.17) is 0 Å². The third-order valence-corrected chi connectivity index (χ3v) is 4.56. The van der Waals surface area contributed by atoms with Crippen molar-refractivity contribution in [2.45, 2.75) is 57.9 Å². The molecule has 1 heteroatoms.